The Kier molecular flexibility index (Phi) is 10.2. The maximum absolute atomic E-state index is 3.11. The fourth-order valence-corrected chi connectivity index (χ4v) is 1.47. The summed E-state index contributed by atoms with van der Waals surface area (Å²) in [5.74, 6) is 0.843. The van der Waals surface area contributed by atoms with Crippen LogP contribution in [0, 0.1) is 11.3 Å². The van der Waals surface area contributed by atoms with Crippen molar-refractivity contribution in [2.75, 3.05) is 13.1 Å². The van der Waals surface area contributed by atoms with Gasteiger partial charge in [0, 0.05) is 0 Å². The fraction of sp³-hybridized carbons (Fsp3) is 1.00. The molecular formula is C12H29N. The van der Waals surface area contributed by atoms with Crippen molar-refractivity contribution in [3.05, 3.63) is 0 Å². The van der Waals surface area contributed by atoms with Crippen LogP contribution in [0.2, 0.25) is 0 Å². The molecule has 0 rings (SSSR count). The van der Waals surface area contributed by atoms with Crippen LogP contribution in [0.4, 0.5) is 0 Å². The second kappa shape index (κ2) is 8.55. The SMILES string of the molecule is CC(C)CC(C)(C)C.CCNCC. The number of hydrogen-bond acceptors (Lipinski definition) is 1. The van der Waals surface area contributed by atoms with Crippen molar-refractivity contribution in [1.29, 1.82) is 0 Å². The summed E-state index contributed by atoms with van der Waals surface area (Å²) in [4.78, 5) is 0. The van der Waals surface area contributed by atoms with Gasteiger partial charge in [-0.1, -0.05) is 48.5 Å². The molecule has 0 atom stereocenters. The summed E-state index contributed by atoms with van der Waals surface area (Å²) in [7, 11) is 0. The zero-order valence-corrected chi connectivity index (χ0v) is 10.7. The maximum Gasteiger partial charge on any atom is -0.00775 e. The van der Waals surface area contributed by atoms with Gasteiger partial charge >= 0.3 is 0 Å². The number of hydrogen-bond donors (Lipinski definition) is 1. The molecule has 1 N–H and O–H groups in total. The van der Waals surface area contributed by atoms with E-state index in [1.54, 1.807) is 0 Å². The second-order valence-corrected chi connectivity index (χ2v) is 5.12. The molecule has 0 aromatic heterocycles. The third kappa shape index (κ3) is 24.5. The molecule has 0 aromatic carbocycles. The Morgan fingerprint density at radius 3 is 1.38 bits per heavy atom. The summed E-state index contributed by atoms with van der Waals surface area (Å²) in [5.41, 5.74) is 0.522. The van der Waals surface area contributed by atoms with E-state index >= 15 is 0 Å². The average molecular weight is 187 g/mol. The van der Waals surface area contributed by atoms with E-state index in [2.05, 4.69) is 53.8 Å². The minimum Gasteiger partial charge on any atom is -0.317 e. The van der Waals surface area contributed by atoms with E-state index in [0.29, 0.717) is 5.41 Å². The van der Waals surface area contributed by atoms with Crippen molar-refractivity contribution in [2.24, 2.45) is 11.3 Å². The molecule has 0 aliphatic rings. The van der Waals surface area contributed by atoms with E-state index < -0.39 is 0 Å². The molecule has 0 aliphatic heterocycles. The van der Waals surface area contributed by atoms with Crippen LogP contribution in [0.15, 0.2) is 0 Å². The average Bonchev–Trinajstić information content (AvgIpc) is 1.84. The molecule has 0 saturated carbocycles. The quantitative estimate of drug-likeness (QED) is 0.710. The Morgan fingerprint density at radius 2 is 1.38 bits per heavy atom. The molecule has 1 nitrogen and oxygen atoms in total. The van der Waals surface area contributed by atoms with Crippen LogP contribution in [0.1, 0.15) is 54.9 Å². The summed E-state index contributed by atoms with van der Waals surface area (Å²) in [6.07, 6.45) is 1.33. The van der Waals surface area contributed by atoms with Crippen molar-refractivity contribution in [2.45, 2.75) is 54.9 Å². The standard InChI is InChI=1S/C8H18.C4H11N/c1-7(2)6-8(3,4)5;1-3-5-4-2/h7H,6H2,1-5H3;5H,3-4H2,1-2H3. The molecule has 0 spiro atoms. The van der Waals surface area contributed by atoms with E-state index in [4.69, 9.17) is 0 Å². The van der Waals surface area contributed by atoms with E-state index in [1.807, 2.05) is 0 Å². The summed E-state index contributed by atoms with van der Waals surface area (Å²) >= 11 is 0. The van der Waals surface area contributed by atoms with Gasteiger partial charge in [-0.3, -0.25) is 0 Å². The normalized spacial score (nSPS) is 11.1. The molecule has 0 aliphatic carbocycles. The number of nitrogens with one attached hydrogen (secondary N) is 1. The predicted molar refractivity (Wildman–Crippen MR) is 63.1 cm³/mol. The molecule has 0 bridgehead atoms. The zero-order chi connectivity index (χ0) is 10.9. The summed E-state index contributed by atoms with van der Waals surface area (Å²) in [6, 6.07) is 0. The van der Waals surface area contributed by atoms with E-state index in [-0.39, 0.29) is 0 Å². The lowest BCUT2D eigenvalue weighted by Crippen LogP contribution is -2.09. The van der Waals surface area contributed by atoms with Crippen LogP contribution in [-0.4, -0.2) is 13.1 Å². The molecule has 0 heterocycles. The molecule has 0 amide bonds. The van der Waals surface area contributed by atoms with Crippen LogP contribution in [0.5, 0.6) is 0 Å². The minimum absolute atomic E-state index is 0.522. The van der Waals surface area contributed by atoms with Crippen LogP contribution in [-0.2, 0) is 0 Å². The van der Waals surface area contributed by atoms with Gasteiger partial charge in [0.2, 0.25) is 0 Å². The monoisotopic (exact) mass is 187 g/mol. The van der Waals surface area contributed by atoms with Crippen LogP contribution in [0.3, 0.4) is 0 Å². The van der Waals surface area contributed by atoms with Crippen LogP contribution < -0.4 is 5.32 Å². The highest BCUT2D eigenvalue weighted by Crippen LogP contribution is 2.23. The Balaban J connectivity index is 0. The van der Waals surface area contributed by atoms with Crippen LogP contribution in [0.25, 0.3) is 0 Å². The van der Waals surface area contributed by atoms with E-state index in [1.165, 1.54) is 6.42 Å². The van der Waals surface area contributed by atoms with Crippen molar-refractivity contribution >= 4 is 0 Å². The minimum atomic E-state index is 0.522. The summed E-state index contributed by atoms with van der Waals surface area (Å²) in [5, 5.41) is 3.11. The highest BCUT2D eigenvalue weighted by atomic mass is 14.8. The molecule has 0 radical (unpaired) electrons. The Morgan fingerprint density at radius 1 is 1.00 bits per heavy atom. The smallest absolute Gasteiger partial charge is 0.00775 e. The zero-order valence-electron chi connectivity index (χ0n) is 10.7. The van der Waals surface area contributed by atoms with Crippen molar-refractivity contribution < 1.29 is 0 Å². The largest absolute Gasteiger partial charge is 0.317 e. The van der Waals surface area contributed by atoms with Crippen molar-refractivity contribution in [3.8, 4) is 0 Å². The lowest BCUT2D eigenvalue weighted by atomic mass is 9.86. The second-order valence-electron chi connectivity index (χ2n) is 5.12. The fourth-order valence-electron chi connectivity index (χ4n) is 1.47. The third-order valence-corrected chi connectivity index (χ3v) is 1.52. The lowest BCUT2D eigenvalue weighted by molar-refractivity contribution is 0.320. The van der Waals surface area contributed by atoms with E-state index in [0.717, 1.165) is 19.0 Å². The van der Waals surface area contributed by atoms with Crippen molar-refractivity contribution in [3.63, 3.8) is 0 Å². The van der Waals surface area contributed by atoms with Gasteiger partial charge in [0.1, 0.15) is 0 Å². The summed E-state index contributed by atoms with van der Waals surface area (Å²) < 4.78 is 0. The molecule has 82 valence electrons. The van der Waals surface area contributed by atoms with Gasteiger partial charge in [0.05, 0.1) is 0 Å². The van der Waals surface area contributed by atoms with Crippen molar-refractivity contribution in [1.82, 2.24) is 5.32 Å². The summed E-state index contributed by atoms with van der Waals surface area (Å²) in [6.45, 7) is 17.8. The Hall–Kier alpha value is -0.0400. The predicted octanol–water partition coefficient (Wildman–Crippen LogP) is 3.69. The van der Waals surface area contributed by atoms with Gasteiger partial charge in [-0.05, 0) is 30.8 Å². The van der Waals surface area contributed by atoms with Crippen LogP contribution >= 0.6 is 0 Å². The first kappa shape index (κ1) is 15.4. The topological polar surface area (TPSA) is 12.0 Å². The molecule has 0 fully saturated rings. The Bertz CT molecular complexity index is 87.8. The molecule has 1 heteroatoms. The molecule has 0 unspecified atom stereocenters. The van der Waals surface area contributed by atoms with Gasteiger partial charge in [-0.15, -0.1) is 0 Å². The van der Waals surface area contributed by atoms with E-state index in [9.17, 15) is 0 Å². The van der Waals surface area contributed by atoms with Gasteiger partial charge < -0.3 is 5.32 Å². The van der Waals surface area contributed by atoms with Gasteiger partial charge in [-0.25, -0.2) is 0 Å². The first-order valence-electron chi connectivity index (χ1n) is 5.54. The molecule has 0 saturated heterocycles. The van der Waals surface area contributed by atoms with Gasteiger partial charge in [-0.2, -0.15) is 0 Å². The number of rotatable bonds is 3. The molecular weight excluding hydrogens is 158 g/mol. The molecule has 13 heavy (non-hydrogen) atoms. The van der Waals surface area contributed by atoms with Gasteiger partial charge in [0.25, 0.3) is 0 Å². The lowest BCUT2D eigenvalue weighted by Gasteiger charge is -2.19. The first-order chi connectivity index (χ1) is 5.83. The first-order valence-corrected chi connectivity index (χ1v) is 5.54. The molecule has 0 aromatic rings. The maximum atomic E-state index is 3.11. The highest BCUT2D eigenvalue weighted by Gasteiger charge is 2.11. The third-order valence-electron chi connectivity index (χ3n) is 1.52. The highest BCUT2D eigenvalue weighted by molar-refractivity contribution is 4.62. The van der Waals surface area contributed by atoms with Gasteiger partial charge in [0.15, 0.2) is 0 Å². The Labute approximate surface area is 85.3 Å².